The third kappa shape index (κ3) is 4.08. The zero-order valence-corrected chi connectivity index (χ0v) is 11.8. The van der Waals surface area contributed by atoms with Gasteiger partial charge in [0, 0.05) is 44.2 Å². The average molecular weight is 277 g/mol. The highest BCUT2D eigenvalue weighted by Crippen LogP contribution is 2.19. The van der Waals surface area contributed by atoms with E-state index in [9.17, 15) is 4.79 Å². The first-order chi connectivity index (χ1) is 9.79. The van der Waals surface area contributed by atoms with E-state index in [1.54, 1.807) is 0 Å². The molecule has 0 unspecified atom stereocenters. The maximum Gasteiger partial charge on any atom is 0.240 e. The smallest absolute Gasteiger partial charge is 0.240 e. The fraction of sp³-hybridized carbons (Fsp3) is 0.667. The summed E-state index contributed by atoms with van der Waals surface area (Å²) in [6, 6.07) is 3.08. The number of rotatable bonds is 6. The predicted molar refractivity (Wildman–Crippen MR) is 76.3 cm³/mol. The van der Waals surface area contributed by atoms with Crippen molar-refractivity contribution in [3.8, 4) is 0 Å². The molecule has 0 spiro atoms. The largest absolute Gasteiger partial charge is 0.381 e. The van der Waals surface area contributed by atoms with Crippen LogP contribution in [0.15, 0.2) is 18.5 Å². The van der Waals surface area contributed by atoms with Gasteiger partial charge in [0.05, 0.1) is 0 Å². The van der Waals surface area contributed by atoms with Crippen molar-refractivity contribution in [2.45, 2.75) is 50.9 Å². The Bertz CT molecular complexity index is 448. The fourth-order valence-electron chi connectivity index (χ4n) is 2.52. The highest BCUT2D eigenvalue weighted by atomic mass is 16.5. The second-order valence-corrected chi connectivity index (χ2v) is 5.80. The lowest BCUT2D eigenvalue weighted by Crippen LogP contribution is -2.40. The summed E-state index contributed by atoms with van der Waals surface area (Å²) < 4.78 is 7.25. The summed E-state index contributed by atoms with van der Waals surface area (Å²) in [5, 5.41) is 6.56. The SMILES string of the molecule is O=C(Cn1ccc(CNC2CC2)c1)NC1CCOCC1. The van der Waals surface area contributed by atoms with Gasteiger partial charge in [-0.2, -0.15) is 0 Å². The monoisotopic (exact) mass is 277 g/mol. The second-order valence-electron chi connectivity index (χ2n) is 5.80. The van der Waals surface area contributed by atoms with Gasteiger partial charge in [-0.3, -0.25) is 4.79 Å². The standard InChI is InChI=1S/C15H23N3O2/c19-15(17-14-4-7-20-8-5-14)11-18-6-3-12(10-18)9-16-13-1-2-13/h3,6,10,13-14,16H,1-2,4-5,7-9,11H2,(H,17,19). The lowest BCUT2D eigenvalue weighted by atomic mass is 10.1. The van der Waals surface area contributed by atoms with E-state index in [-0.39, 0.29) is 11.9 Å². The number of nitrogens with one attached hydrogen (secondary N) is 2. The molecule has 1 aromatic heterocycles. The van der Waals surface area contributed by atoms with E-state index in [0.29, 0.717) is 6.54 Å². The van der Waals surface area contributed by atoms with Gasteiger partial charge in [-0.05, 0) is 37.3 Å². The van der Waals surface area contributed by atoms with Gasteiger partial charge < -0.3 is 19.9 Å². The molecule has 1 aromatic rings. The molecular weight excluding hydrogens is 254 g/mol. The van der Waals surface area contributed by atoms with Gasteiger partial charge in [-0.1, -0.05) is 0 Å². The van der Waals surface area contributed by atoms with Gasteiger partial charge in [0.25, 0.3) is 0 Å². The van der Waals surface area contributed by atoms with Crippen molar-refractivity contribution < 1.29 is 9.53 Å². The number of carbonyl (C=O) groups excluding carboxylic acids is 1. The zero-order chi connectivity index (χ0) is 13.8. The van der Waals surface area contributed by atoms with Gasteiger partial charge in [0.1, 0.15) is 6.54 Å². The number of nitrogens with zero attached hydrogens (tertiary/aromatic N) is 1. The summed E-state index contributed by atoms with van der Waals surface area (Å²) >= 11 is 0. The molecule has 0 aromatic carbocycles. The normalized spacial score (nSPS) is 20.0. The molecule has 2 N–H and O–H groups in total. The van der Waals surface area contributed by atoms with E-state index >= 15 is 0 Å². The number of amides is 1. The van der Waals surface area contributed by atoms with Crippen molar-refractivity contribution in [3.05, 3.63) is 24.0 Å². The van der Waals surface area contributed by atoms with Crippen LogP contribution in [-0.4, -0.2) is 35.8 Å². The molecule has 3 rings (SSSR count). The Morgan fingerprint density at radius 2 is 2.05 bits per heavy atom. The zero-order valence-electron chi connectivity index (χ0n) is 11.8. The molecule has 20 heavy (non-hydrogen) atoms. The van der Waals surface area contributed by atoms with Gasteiger partial charge in [0.2, 0.25) is 5.91 Å². The van der Waals surface area contributed by atoms with Crippen LogP contribution in [0.2, 0.25) is 0 Å². The van der Waals surface area contributed by atoms with Crippen LogP contribution in [0.3, 0.4) is 0 Å². The summed E-state index contributed by atoms with van der Waals surface area (Å²) in [5.41, 5.74) is 1.25. The molecule has 5 heteroatoms. The van der Waals surface area contributed by atoms with Crippen LogP contribution in [0.1, 0.15) is 31.2 Å². The summed E-state index contributed by atoms with van der Waals surface area (Å²) in [7, 11) is 0. The van der Waals surface area contributed by atoms with E-state index in [2.05, 4.69) is 22.9 Å². The molecule has 2 heterocycles. The van der Waals surface area contributed by atoms with Crippen LogP contribution in [0, 0.1) is 0 Å². The number of ether oxygens (including phenoxy) is 1. The molecule has 1 aliphatic heterocycles. The maximum atomic E-state index is 12.0. The quantitative estimate of drug-likeness (QED) is 0.817. The Labute approximate surface area is 119 Å². The first kappa shape index (κ1) is 13.6. The average Bonchev–Trinajstić information content (AvgIpc) is 3.18. The van der Waals surface area contributed by atoms with E-state index in [1.165, 1.54) is 18.4 Å². The molecule has 110 valence electrons. The van der Waals surface area contributed by atoms with Crippen LogP contribution < -0.4 is 10.6 Å². The number of carbonyl (C=O) groups is 1. The minimum Gasteiger partial charge on any atom is -0.381 e. The molecule has 0 radical (unpaired) electrons. The first-order valence-corrected chi connectivity index (χ1v) is 7.55. The minimum absolute atomic E-state index is 0.0919. The van der Waals surface area contributed by atoms with Gasteiger partial charge >= 0.3 is 0 Å². The van der Waals surface area contributed by atoms with E-state index in [4.69, 9.17) is 4.74 Å². The number of hydrogen-bond acceptors (Lipinski definition) is 3. The second kappa shape index (κ2) is 6.41. The lowest BCUT2D eigenvalue weighted by molar-refractivity contribution is -0.122. The minimum atomic E-state index is 0.0919. The highest BCUT2D eigenvalue weighted by molar-refractivity contribution is 5.76. The van der Waals surface area contributed by atoms with E-state index < -0.39 is 0 Å². The Balaban J connectivity index is 1.42. The van der Waals surface area contributed by atoms with Crippen molar-refractivity contribution in [1.82, 2.24) is 15.2 Å². The number of hydrogen-bond donors (Lipinski definition) is 2. The number of aromatic nitrogens is 1. The lowest BCUT2D eigenvalue weighted by Gasteiger charge is -2.23. The molecule has 1 saturated carbocycles. The van der Waals surface area contributed by atoms with Crippen LogP contribution in [-0.2, 0) is 22.6 Å². The summed E-state index contributed by atoms with van der Waals surface area (Å²) in [5.74, 6) is 0.0919. The Morgan fingerprint density at radius 3 is 2.80 bits per heavy atom. The summed E-state index contributed by atoms with van der Waals surface area (Å²) in [4.78, 5) is 12.0. The highest BCUT2D eigenvalue weighted by Gasteiger charge is 2.20. The van der Waals surface area contributed by atoms with E-state index in [1.807, 2.05) is 10.8 Å². The molecule has 2 aliphatic rings. The maximum absolute atomic E-state index is 12.0. The van der Waals surface area contributed by atoms with Crippen LogP contribution in [0.4, 0.5) is 0 Å². The molecule has 1 aliphatic carbocycles. The molecule has 1 amide bonds. The molecule has 0 atom stereocenters. The van der Waals surface area contributed by atoms with Gasteiger partial charge in [-0.15, -0.1) is 0 Å². The van der Waals surface area contributed by atoms with Crippen LogP contribution in [0.5, 0.6) is 0 Å². The van der Waals surface area contributed by atoms with Crippen LogP contribution >= 0.6 is 0 Å². The van der Waals surface area contributed by atoms with Crippen LogP contribution in [0.25, 0.3) is 0 Å². The van der Waals surface area contributed by atoms with Gasteiger partial charge in [0.15, 0.2) is 0 Å². The Hall–Kier alpha value is -1.33. The molecule has 2 fully saturated rings. The Morgan fingerprint density at radius 1 is 1.25 bits per heavy atom. The van der Waals surface area contributed by atoms with Crippen molar-refractivity contribution in [2.75, 3.05) is 13.2 Å². The first-order valence-electron chi connectivity index (χ1n) is 7.55. The summed E-state index contributed by atoms with van der Waals surface area (Å²) in [6.07, 6.45) is 8.48. The van der Waals surface area contributed by atoms with Gasteiger partial charge in [-0.25, -0.2) is 0 Å². The molecule has 1 saturated heterocycles. The van der Waals surface area contributed by atoms with Crippen molar-refractivity contribution >= 4 is 5.91 Å². The third-order valence-corrected chi connectivity index (χ3v) is 3.90. The molecular formula is C15H23N3O2. The molecule has 0 bridgehead atoms. The summed E-state index contributed by atoms with van der Waals surface area (Å²) in [6.45, 7) is 2.82. The van der Waals surface area contributed by atoms with E-state index in [0.717, 1.165) is 38.6 Å². The third-order valence-electron chi connectivity index (χ3n) is 3.90. The predicted octanol–water partition coefficient (Wildman–Crippen LogP) is 1.04. The van der Waals surface area contributed by atoms with Crippen molar-refractivity contribution in [1.29, 1.82) is 0 Å². The Kier molecular flexibility index (Phi) is 4.38. The fourth-order valence-corrected chi connectivity index (χ4v) is 2.52. The van der Waals surface area contributed by atoms with Crippen molar-refractivity contribution in [3.63, 3.8) is 0 Å². The van der Waals surface area contributed by atoms with Crippen molar-refractivity contribution in [2.24, 2.45) is 0 Å². The topological polar surface area (TPSA) is 55.3 Å². The molecule has 5 nitrogen and oxygen atoms in total.